The van der Waals surface area contributed by atoms with Crippen LogP contribution in [-0.2, 0) is 0 Å². The predicted molar refractivity (Wildman–Crippen MR) is 77.4 cm³/mol. The molecule has 0 unspecified atom stereocenters. The highest BCUT2D eigenvalue weighted by Gasteiger charge is 2.13. The molecule has 0 bridgehead atoms. The minimum atomic E-state index is 0.233. The molecule has 1 aromatic carbocycles. The highest BCUT2D eigenvalue weighted by atomic mass is 33.1. The van der Waals surface area contributed by atoms with Gasteiger partial charge in [-0.1, -0.05) is 61.9 Å². The standard InChI is InChI=1S/C12H14S3/c1-12(2,3)15-14-11(9-13)10-7-5-4-6-8-10/h4-8H,1-3H3. The fourth-order valence-electron chi connectivity index (χ4n) is 0.880. The molecular formula is C12H14S3. The Morgan fingerprint density at radius 3 is 2.27 bits per heavy atom. The second kappa shape index (κ2) is 5.76. The minimum Gasteiger partial charge on any atom is -0.0823 e. The second-order valence-corrected chi connectivity index (χ2v) is 7.25. The van der Waals surface area contributed by atoms with Gasteiger partial charge in [-0.2, -0.15) is 0 Å². The van der Waals surface area contributed by atoms with Gasteiger partial charge in [-0.3, -0.25) is 0 Å². The van der Waals surface area contributed by atoms with E-state index in [2.05, 4.69) is 37.9 Å². The van der Waals surface area contributed by atoms with Gasteiger partial charge in [-0.05, 0) is 33.6 Å². The number of thiocarbonyl (C=S) groups is 1. The van der Waals surface area contributed by atoms with Crippen LogP contribution in [0.5, 0.6) is 0 Å². The van der Waals surface area contributed by atoms with E-state index in [1.807, 2.05) is 29.0 Å². The monoisotopic (exact) mass is 254 g/mol. The van der Waals surface area contributed by atoms with E-state index in [4.69, 9.17) is 12.2 Å². The molecule has 0 nitrogen and oxygen atoms in total. The van der Waals surface area contributed by atoms with Crippen LogP contribution in [-0.4, -0.2) is 9.77 Å². The first-order valence-electron chi connectivity index (χ1n) is 4.69. The fraction of sp³-hybridized carbons (Fsp3) is 0.333. The van der Waals surface area contributed by atoms with Crippen molar-refractivity contribution in [2.24, 2.45) is 0 Å². The van der Waals surface area contributed by atoms with E-state index in [9.17, 15) is 0 Å². The molecule has 0 fully saturated rings. The molecule has 0 aliphatic rings. The highest BCUT2D eigenvalue weighted by Crippen LogP contribution is 2.42. The van der Waals surface area contributed by atoms with Crippen molar-refractivity contribution >= 4 is 43.7 Å². The summed E-state index contributed by atoms with van der Waals surface area (Å²) in [7, 11) is 3.51. The van der Waals surface area contributed by atoms with Crippen LogP contribution >= 0.6 is 33.8 Å². The zero-order valence-corrected chi connectivity index (χ0v) is 11.6. The van der Waals surface area contributed by atoms with Gasteiger partial charge in [0.2, 0.25) is 0 Å². The Bertz CT molecular complexity index is 356. The Morgan fingerprint density at radius 1 is 1.20 bits per heavy atom. The van der Waals surface area contributed by atoms with E-state index in [-0.39, 0.29) is 4.75 Å². The third-order valence-corrected chi connectivity index (χ3v) is 5.17. The van der Waals surface area contributed by atoms with Crippen molar-refractivity contribution in [1.29, 1.82) is 0 Å². The van der Waals surface area contributed by atoms with Gasteiger partial charge in [-0.25, -0.2) is 0 Å². The summed E-state index contributed by atoms with van der Waals surface area (Å²) in [5, 5.41) is 2.83. The Balaban J connectivity index is 2.72. The van der Waals surface area contributed by atoms with Crippen molar-refractivity contribution in [3.05, 3.63) is 35.9 Å². The summed E-state index contributed by atoms with van der Waals surface area (Å²) in [6, 6.07) is 10.2. The summed E-state index contributed by atoms with van der Waals surface area (Å²) in [6.07, 6.45) is 0. The van der Waals surface area contributed by atoms with Gasteiger partial charge in [0.15, 0.2) is 0 Å². The SMILES string of the molecule is CC(C)(C)SSC(=C=S)c1ccccc1. The van der Waals surface area contributed by atoms with Crippen molar-refractivity contribution in [1.82, 2.24) is 0 Å². The van der Waals surface area contributed by atoms with Crippen LogP contribution in [0.2, 0.25) is 0 Å². The highest BCUT2D eigenvalue weighted by molar-refractivity contribution is 8.80. The molecule has 1 aromatic rings. The van der Waals surface area contributed by atoms with Gasteiger partial charge in [0.05, 0.1) is 4.91 Å². The molecule has 15 heavy (non-hydrogen) atoms. The molecule has 80 valence electrons. The van der Waals surface area contributed by atoms with Crippen LogP contribution in [0.25, 0.3) is 4.91 Å². The van der Waals surface area contributed by atoms with Crippen LogP contribution < -0.4 is 0 Å². The molecular weight excluding hydrogens is 240 g/mol. The van der Waals surface area contributed by atoms with E-state index >= 15 is 0 Å². The third-order valence-electron chi connectivity index (χ3n) is 1.50. The second-order valence-electron chi connectivity index (χ2n) is 4.08. The van der Waals surface area contributed by atoms with E-state index in [1.165, 1.54) is 0 Å². The largest absolute Gasteiger partial charge is 0.0823 e. The zero-order chi connectivity index (χ0) is 11.3. The Hall–Kier alpha value is -0.210. The van der Waals surface area contributed by atoms with Crippen LogP contribution in [0, 0.1) is 0 Å². The quantitative estimate of drug-likeness (QED) is 0.561. The molecule has 0 amide bonds. The number of hydrogen-bond donors (Lipinski definition) is 0. The predicted octanol–water partition coefficient (Wildman–Crippen LogP) is 4.81. The Kier molecular flexibility index (Phi) is 4.94. The summed E-state index contributed by atoms with van der Waals surface area (Å²) in [5.41, 5.74) is 1.15. The first kappa shape index (κ1) is 12.9. The van der Waals surface area contributed by atoms with Gasteiger partial charge in [0, 0.05) is 4.75 Å². The zero-order valence-electron chi connectivity index (χ0n) is 9.11. The molecule has 0 aliphatic carbocycles. The van der Waals surface area contributed by atoms with Gasteiger partial charge in [-0.15, -0.1) is 0 Å². The van der Waals surface area contributed by atoms with Crippen LogP contribution in [0.1, 0.15) is 26.3 Å². The Morgan fingerprint density at radius 2 is 1.80 bits per heavy atom. The molecule has 0 saturated heterocycles. The lowest BCUT2D eigenvalue weighted by Gasteiger charge is -2.16. The third kappa shape index (κ3) is 4.89. The molecule has 0 atom stereocenters. The van der Waals surface area contributed by atoms with E-state index in [0.717, 1.165) is 10.5 Å². The molecule has 3 heteroatoms. The number of rotatable bonds is 3. The molecule has 0 spiro atoms. The van der Waals surface area contributed by atoms with Gasteiger partial charge < -0.3 is 0 Å². The van der Waals surface area contributed by atoms with Gasteiger partial charge in [0.1, 0.15) is 0 Å². The maximum Gasteiger partial charge on any atom is 0.0789 e. The summed E-state index contributed by atoms with van der Waals surface area (Å²) >= 11 is 4.92. The van der Waals surface area contributed by atoms with E-state index in [1.54, 1.807) is 10.8 Å². The van der Waals surface area contributed by atoms with Gasteiger partial charge in [0.25, 0.3) is 0 Å². The van der Waals surface area contributed by atoms with Crippen LogP contribution in [0.15, 0.2) is 30.3 Å². The maximum atomic E-state index is 4.92. The lowest BCUT2D eigenvalue weighted by Crippen LogP contribution is -2.04. The van der Waals surface area contributed by atoms with Crippen molar-refractivity contribution in [2.45, 2.75) is 25.5 Å². The molecule has 0 saturated carbocycles. The van der Waals surface area contributed by atoms with Crippen LogP contribution in [0.4, 0.5) is 0 Å². The summed E-state index contributed by atoms with van der Waals surface area (Å²) in [4.78, 5) is 1.03. The smallest absolute Gasteiger partial charge is 0.0789 e. The first-order chi connectivity index (χ1) is 7.03. The minimum absolute atomic E-state index is 0.233. The van der Waals surface area contributed by atoms with Crippen LogP contribution in [0.3, 0.4) is 0 Å². The molecule has 0 heterocycles. The lowest BCUT2D eigenvalue weighted by atomic mass is 10.2. The van der Waals surface area contributed by atoms with Crippen molar-refractivity contribution in [2.75, 3.05) is 0 Å². The van der Waals surface area contributed by atoms with Crippen molar-refractivity contribution in [3.8, 4) is 0 Å². The normalized spacial score (nSPS) is 10.9. The average Bonchev–Trinajstić information content (AvgIpc) is 2.19. The van der Waals surface area contributed by atoms with E-state index in [0.29, 0.717) is 0 Å². The molecule has 1 rings (SSSR count). The Labute approximate surface area is 105 Å². The topological polar surface area (TPSA) is 0 Å². The molecule has 0 aliphatic heterocycles. The van der Waals surface area contributed by atoms with Crippen molar-refractivity contribution in [3.63, 3.8) is 0 Å². The first-order valence-corrected chi connectivity index (χ1v) is 7.25. The summed E-state index contributed by atoms with van der Waals surface area (Å²) < 4.78 is 0.233. The van der Waals surface area contributed by atoms with Crippen molar-refractivity contribution < 1.29 is 0 Å². The number of benzene rings is 1. The molecule has 0 radical (unpaired) electrons. The van der Waals surface area contributed by atoms with Gasteiger partial charge >= 0.3 is 0 Å². The van der Waals surface area contributed by atoms with E-state index < -0.39 is 0 Å². The number of hydrogen-bond acceptors (Lipinski definition) is 3. The summed E-state index contributed by atoms with van der Waals surface area (Å²) in [6.45, 7) is 6.57. The average molecular weight is 254 g/mol. The lowest BCUT2D eigenvalue weighted by molar-refractivity contribution is 0.810. The molecule has 0 aromatic heterocycles. The molecule has 0 N–H and O–H groups in total. The maximum absolute atomic E-state index is 4.92. The summed E-state index contributed by atoms with van der Waals surface area (Å²) in [5.74, 6) is 0. The fourth-order valence-corrected chi connectivity index (χ4v) is 3.29.